The molecule has 1 rings (SSSR count). The van der Waals surface area contributed by atoms with E-state index in [2.05, 4.69) is 4.72 Å². The van der Waals surface area contributed by atoms with Gasteiger partial charge in [0.25, 0.3) is 0 Å². The third kappa shape index (κ3) is 1.49. The van der Waals surface area contributed by atoms with Crippen LogP contribution in [0.1, 0.15) is 20.3 Å². The first-order chi connectivity index (χ1) is 4.55. The lowest BCUT2D eigenvalue weighted by Crippen LogP contribution is -2.26. The molecule has 0 aromatic heterocycles. The van der Waals surface area contributed by atoms with Crippen molar-refractivity contribution in [3.8, 4) is 0 Å². The molecule has 4 heteroatoms. The number of hydrogen-bond acceptors (Lipinski definition) is 2. The van der Waals surface area contributed by atoms with Crippen molar-refractivity contribution in [1.29, 1.82) is 0 Å². The van der Waals surface area contributed by atoms with Gasteiger partial charge >= 0.3 is 0 Å². The minimum Gasteiger partial charge on any atom is -0.212 e. The van der Waals surface area contributed by atoms with Crippen molar-refractivity contribution >= 4 is 10.0 Å². The summed E-state index contributed by atoms with van der Waals surface area (Å²) in [6, 6.07) is 0.171. The molecule has 0 radical (unpaired) electrons. The van der Waals surface area contributed by atoms with Crippen LogP contribution in [0.3, 0.4) is 0 Å². The Labute approximate surface area is 61.9 Å². The normalized spacial score (nSPS) is 38.2. The van der Waals surface area contributed by atoms with Gasteiger partial charge in [-0.05, 0) is 12.3 Å². The molecule has 0 aromatic rings. The van der Waals surface area contributed by atoms with E-state index < -0.39 is 10.0 Å². The SMILES string of the molecule is CC[C@@H]1NS(=O)(=O)C[C@@H]1C. The summed E-state index contributed by atoms with van der Waals surface area (Å²) in [6.07, 6.45) is 0.889. The molecule has 0 unspecified atom stereocenters. The fraction of sp³-hybridized carbons (Fsp3) is 1.00. The predicted octanol–water partition coefficient (Wildman–Crippen LogP) is 0.334. The Morgan fingerprint density at radius 3 is 2.40 bits per heavy atom. The molecule has 3 nitrogen and oxygen atoms in total. The van der Waals surface area contributed by atoms with E-state index in [4.69, 9.17) is 0 Å². The van der Waals surface area contributed by atoms with Crippen LogP contribution in [0.2, 0.25) is 0 Å². The molecule has 2 atom stereocenters. The van der Waals surface area contributed by atoms with Crippen LogP contribution >= 0.6 is 0 Å². The van der Waals surface area contributed by atoms with E-state index >= 15 is 0 Å². The van der Waals surface area contributed by atoms with Gasteiger partial charge in [0.2, 0.25) is 10.0 Å². The van der Waals surface area contributed by atoms with Gasteiger partial charge in [-0.1, -0.05) is 13.8 Å². The Balaban J connectivity index is 2.71. The number of nitrogens with one attached hydrogen (secondary N) is 1. The number of rotatable bonds is 1. The van der Waals surface area contributed by atoms with E-state index in [1.54, 1.807) is 0 Å². The summed E-state index contributed by atoms with van der Waals surface area (Å²) in [6.45, 7) is 3.96. The molecular formula is C6H13NO2S. The van der Waals surface area contributed by atoms with Crippen LogP contribution in [0.5, 0.6) is 0 Å². The number of hydrogen-bond donors (Lipinski definition) is 1. The van der Waals surface area contributed by atoms with E-state index in [-0.39, 0.29) is 12.0 Å². The Morgan fingerprint density at radius 2 is 2.20 bits per heavy atom. The molecule has 60 valence electrons. The molecule has 1 aliphatic heterocycles. The third-order valence-corrected chi connectivity index (χ3v) is 3.57. The Hall–Kier alpha value is -0.0900. The van der Waals surface area contributed by atoms with Crippen LogP contribution in [0, 0.1) is 5.92 Å². The highest BCUT2D eigenvalue weighted by molar-refractivity contribution is 7.89. The second-order valence-corrected chi connectivity index (χ2v) is 4.69. The summed E-state index contributed by atoms with van der Waals surface area (Å²) in [5.41, 5.74) is 0. The fourth-order valence-corrected chi connectivity index (χ4v) is 3.22. The Bertz CT molecular complexity index is 210. The maximum Gasteiger partial charge on any atom is 0.212 e. The Kier molecular flexibility index (Phi) is 2.01. The average Bonchev–Trinajstić information content (AvgIpc) is 2.05. The zero-order chi connectivity index (χ0) is 7.78. The largest absolute Gasteiger partial charge is 0.212 e. The van der Waals surface area contributed by atoms with E-state index in [1.807, 2.05) is 13.8 Å². The average molecular weight is 163 g/mol. The quantitative estimate of drug-likeness (QED) is 0.605. The third-order valence-electron chi connectivity index (χ3n) is 1.94. The van der Waals surface area contributed by atoms with Crippen molar-refractivity contribution in [2.24, 2.45) is 5.92 Å². The fourth-order valence-electron chi connectivity index (χ4n) is 1.34. The molecule has 0 bridgehead atoms. The van der Waals surface area contributed by atoms with Crippen LogP contribution in [0.15, 0.2) is 0 Å². The molecule has 1 fully saturated rings. The van der Waals surface area contributed by atoms with Crippen molar-refractivity contribution in [3.63, 3.8) is 0 Å². The number of sulfonamides is 1. The predicted molar refractivity (Wildman–Crippen MR) is 40.2 cm³/mol. The highest BCUT2D eigenvalue weighted by atomic mass is 32.2. The summed E-state index contributed by atoms with van der Waals surface area (Å²) in [5, 5.41) is 0. The van der Waals surface area contributed by atoms with Crippen LogP contribution < -0.4 is 4.72 Å². The first-order valence-corrected chi connectivity index (χ1v) is 5.20. The zero-order valence-electron chi connectivity index (χ0n) is 6.29. The molecule has 0 saturated carbocycles. The first-order valence-electron chi connectivity index (χ1n) is 3.55. The van der Waals surface area contributed by atoms with Gasteiger partial charge in [-0.2, -0.15) is 0 Å². The first kappa shape index (κ1) is 8.01. The van der Waals surface area contributed by atoms with Crippen molar-refractivity contribution in [1.82, 2.24) is 4.72 Å². The lowest BCUT2D eigenvalue weighted by atomic mass is 10.0. The molecule has 0 amide bonds. The van der Waals surface area contributed by atoms with Crippen LogP contribution in [-0.4, -0.2) is 20.2 Å². The zero-order valence-corrected chi connectivity index (χ0v) is 7.11. The molecule has 10 heavy (non-hydrogen) atoms. The van der Waals surface area contributed by atoms with E-state index in [1.165, 1.54) is 0 Å². The van der Waals surface area contributed by atoms with E-state index in [0.29, 0.717) is 5.75 Å². The van der Waals surface area contributed by atoms with Crippen molar-refractivity contribution in [2.75, 3.05) is 5.75 Å². The molecule has 1 saturated heterocycles. The Morgan fingerprint density at radius 1 is 1.60 bits per heavy atom. The van der Waals surface area contributed by atoms with Gasteiger partial charge in [0.1, 0.15) is 0 Å². The molecule has 1 N–H and O–H groups in total. The van der Waals surface area contributed by atoms with Crippen molar-refractivity contribution in [3.05, 3.63) is 0 Å². The minimum atomic E-state index is -2.91. The maximum absolute atomic E-state index is 10.9. The topological polar surface area (TPSA) is 46.2 Å². The monoisotopic (exact) mass is 163 g/mol. The lowest BCUT2D eigenvalue weighted by molar-refractivity contribution is 0.485. The van der Waals surface area contributed by atoms with Gasteiger partial charge in [0, 0.05) is 6.04 Å². The smallest absolute Gasteiger partial charge is 0.212 e. The van der Waals surface area contributed by atoms with Gasteiger partial charge in [-0.15, -0.1) is 0 Å². The standard InChI is InChI=1S/C6H13NO2S/c1-3-6-5(2)4-10(8,9)7-6/h5-7H,3-4H2,1-2H3/t5-,6-/m0/s1. The highest BCUT2D eigenvalue weighted by Gasteiger charge is 2.32. The molecule has 1 heterocycles. The second kappa shape index (κ2) is 2.51. The summed E-state index contributed by atoms with van der Waals surface area (Å²) in [4.78, 5) is 0. The molecule has 0 aliphatic carbocycles. The molecule has 0 spiro atoms. The molecule has 1 aliphatic rings. The van der Waals surface area contributed by atoms with Gasteiger partial charge in [-0.3, -0.25) is 0 Å². The van der Waals surface area contributed by atoms with Gasteiger partial charge in [0.05, 0.1) is 5.75 Å². The van der Waals surface area contributed by atoms with E-state index in [0.717, 1.165) is 6.42 Å². The van der Waals surface area contributed by atoms with Gasteiger partial charge < -0.3 is 0 Å². The minimum absolute atomic E-state index is 0.171. The van der Waals surface area contributed by atoms with E-state index in [9.17, 15) is 8.42 Å². The maximum atomic E-state index is 10.9. The van der Waals surface area contributed by atoms with Crippen molar-refractivity contribution < 1.29 is 8.42 Å². The van der Waals surface area contributed by atoms with Crippen molar-refractivity contribution in [2.45, 2.75) is 26.3 Å². The molecular weight excluding hydrogens is 150 g/mol. The van der Waals surface area contributed by atoms with Crippen LogP contribution in [-0.2, 0) is 10.0 Å². The summed E-state index contributed by atoms with van der Waals surface area (Å²) in [7, 11) is -2.91. The van der Waals surface area contributed by atoms with Crippen LogP contribution in [0.4, 0.5) is 0 Å². The van der Waals surface area contributed by atoms with Gasteiger partial charge in [-0.25, -0.2) is 13.1 Å². The van der Waals surface area contributed by atoms with Crippen LogP contribution in [0.25, 0.3) is 0 Å². The lowest BCUT2D eigenvalue weighted by Gasteiger charge is -2.08. The second-order valence-electron chi connectivity index (χ2n) is 2.89. The summed E-state index contributed by atoms with van der Waals surface area (Å²) < 4.78 is 24.4. The molecule has 0 aromatic carbocycles. The summed E-state index contributed by atoms with van der Waals surface area (Å²) >= 11 is 0. The highest BCUT2D eigenvalue weighted by Crippen LogP contribution is 2.17. The summed E-state index contributed by atoms with van der Waals surface area (Å²) in [5.74, 6) is 0.570. The van der Waals surface area contributed by atoms with Gasteiger partial charge in [0.15, 0.2) is 0 Å².